The van der Waals surface area contributed by atoms with Gasteiger partial charge in [0.05, 0.1) is 5.69 Å². The number of rotatable bonds is 6. The number of aryl methyl sites for hydroxylation is 1. The van der Waals surface area contributed by atoms with Gasteiger partial charge in [0, 0.05) is 13.0 Å². The lowest BCUT2D eigenvalue weighted by Gasteiger charge is -2.38. The van der Waals surface area contributed by atoms with Crippen LogP contribution < -0.4 is 5.32 Å². The third kappa shape index (κ3) is 4.07. The second-order valence-corrected chi connectivity index (χ2v) is 7.53. The fraction of sp³-hybridized carbons (Fsp3) is 0.875. The summed E-state index contributed by atoms with van der Waals surface area (Å²) in [5.74, 6) is 2.83. The Balaban J connectivity index is 2.16. The zero-order valence-corrected chi connectivity index (χ0v) is 15.4. The normalized spacial score (nSPS) is 26.5. The topological polar surface area (TPSA) is 42.7 Å². The molecule has 3 unspecified atom stereocenters. The van der Waals surface area contributed by atoms with Crippen LogP contribution in [0.4, 0.5) is 0 Å². The molecule has 1 saturated carbocycles. The highest BCUT2D eigenvalue weighted by Crippen LogP contribution is 2.44. The van der Waals surface area contributed by atoms with Crippen LogP contribution in [0.3, 0.4) is 0 Å². The van der Waals surface area contributed by atoms with Crippen molar-refractivity contribution in [2.24, 2.45) is 24.8 Å². The molecule has 5 heteroatoms. The molecule has 2 rings (SSSR count). The summed E-state index contributed by atoms with van der Waals surface area (Å²) in [5.41, 5.74) is 1.28. The second kappa shape index (κ2) is 7.73. The van der Waals surface area contributed by atoms with E-state index >= 15 is 0 Å². The van der Waals surface area contributed by atoms with Gasteiger partial charge in [-0.05, 0) is 72.5 Å². The molecule has 120 valence electrons. The number of hydrogen-bond acceptors (Lipinski definition) is 3. The Morgan fingerprint density at radius 1 is 1.38 bits per heavy atom. The third-order valence-corrected chi connectivity index (χ3v) is 5.55. The lowest BCUT2D eigenvalue weighted by Crippen LogP contribution is -2.34. The molecule has 1 heterocycles. The van der Waals surface area contributed by atoms with E-state index in [-0.39, 0.29) is 0 Å². The summed E-state index contributed by atoms with van der Waals surface area (Å²) in [6.45, 7) is 9.16. The van der Waals surface area contributed by atoms with Crippen LogP contribution in [-0.2, 0) is 7.05 Å². The van der Waals surface area contributed by atoms with Crippen LogP contribution in [0.2, 0.25) is 0 Å². The van der Waals surface area contributed by atoms with Gasteiger partial charge in [-0.15, -0.1) is 5.10 Å². The Morgan fingerprint density at radius 2 is 2.14 bits per heavy atom. The SMILES string of the molecule is CCCNCC1CCC(C(C)C)CC1c1c(Br)nnn1C. The molecule has 0 spiro atoms. The standard InChI is InChI=1S/C16H29BrN4/c1-5-8-18-10-13-7-6-12(11(2)3)9-14(13)15-16(17)19-20-21(15)4/h11-14,18H,5-10H2,1-4H3. The Morgan fingerprint density at radius 3 is 2.71 bits per heavy atom. The zero-order valence-electron chi connectivity index (χ0n) is 13.8. The minimum atomic E-state index is 0.560. The van der Waals surface area contributed by atoms with Crippen LogP contribution in [0.1, 0.15) is 58.1 Å². The van der Waals surface area contributed by atoms with Crippen LogP contribution in [0.15, 0.2) is 4.60 Å². The molecule has 0 bridgehead atoms. The van der Waals surface area contributed by atoms with E-state index in [1.807, 2.05) is 11.7 Å². The highest BCUT2D eigenvalue weighted by Gasteiger charge is 2.35. The van der Waals surface area contributed by atoms with Gasteiger partial charge in [0.15, 0.2) is 4.60 Å². The average Bonchev–Trinajstić information content (AvgIpc) is 2.78. The summed E-state index contributed by atoms with van der Waals surface area (Å²) in [7, 11) is 2.02. The predicted octanol–water partition coefficient (Wildman–Crippen LogP) is 3.73. The molecule has 1 aliphatic rings. The largest absolute Gasteiger partial charge is 0.316 e. The van der Waals surface area contributed by atoms with Gasteiger partial charge in [-0.25, -0.2) is 0 Å². The first-order chi connectivity index (χ1) is 10.0. The number of aromatic nitrogens is 3. The highest BCUT2D eigenvalue weighted by molar-refractivity contribution is 9.10. The smallest absolute Gasteiger partial charge is 0.151 e. The fourth-order valence-corrected chi connectivity index (χ4v) is 4.27. The Labute approximate surface area is 137 Å². The summed E-state index contributed by atoms with van der Waals surface area (Å²) in [4.78, 5) is 0. The van der Waals surface area contributed by atoms with E-state index in [1.165, 1.54) is 31.4 Å². The molecule has 0 aromatic carbocycles. The maximum Gasteiger partial charge on any atom is 0.151 e. The monoisotopic (exact) mass is 356 g/mol. The summed E-state index contributed by atoms with van der Waals surface area (Å²) in [6, 6.07) is 0. The van der Waals surface area contributed by atoms with Gasteiger partial charge in [-0.2, -0.15) is 0 Å². The Hall–Kier alpha value is -0.420. The number of halogens is 1. The molecule has 0 saturated heterocycles. The van der Waals surface area contributed by atoms with Crippen molar-refractivity contribution in [3.05, 3.63) is 10.3 Å². The number of nitrogens with one attached hydrogen (secondary N) is 1. The van der Waals surface area contributed by atoms with Crippen molar-refractivity contribution in [3.8, 4) is 0 Å². The molecule has 4 nitrogen and oxygen atoms in total. The van der Waals surface area contributed by atoms with Crippen molar-refractivity contribution in [3.63, 3.8) is 0 Å². The van der Waals surface area contributed by atoms with Gasteiger partial charge >= 0.3 is 0 Å². The maximum absolute atomic E-state index is 4.20. The van der Waals surface area contributed by atoms with Crippen LogP contribution in [-0.4, -0.2) is 28.1 Å². The first-order valence-corrected chi connectivity index (χ1v) is 9.09. The van der Waals surface area contributed by atoms with Crippen LogP contribution in [0, 0.1) is 17.8 Å². The second-order valence-electron chi connectivity index (χ2n) is 6.78. The van der Waals surface area contributed by atoms with Gasteiger partial charge in [-0.3, -0.25) is 4.68 Å². The van der Waals surface area contributed by atoms with Crippen molar-refractivity contribution in [1.82, 2.24) is 20.3 Å². The molecule has 1 aromatic heterocycles. The lowest BCUT2D eigenvalue weighted by molar-refractivity contribution is 0.185. The van der Waals surface area contributed by atoms with Crippen LogP contribution in [0.5, 0.6) is 0 Å². The molecule has 3 atom stereocenters. The molecular formula is C16H29BrN4. The average molecular weight is 357 g/mol. The van der Waals surface area contributed by atoms with Gasteiger partial charge in [-0.1, -0.05) is 26.0 Å². The van der Waals surface area contributed by atoms with Crippen LogP contribution >= 0.6 is 15.9 Å². The minimum Gasteiger partial charge on any atom is -0.316 e. The van der Waals surface area contributed by atoms with E-state index in [2.05, 4.69) is 52.3 Å². The van der Waals surface area contributed by atoms with Gasteiger partial charge in [0.2, 0.25) is 0 Å². The molecule has 0 radical (unpaired) electrons. The van der Waals surface area contributed by atoms with E-state index in [4.69, 9.17) is 0 Å². The van der Waals surface area contributed by atoms with E-state index in [1.54, 1.807) is 0 Å². The molecule has 1 fully saturated rings. The Kier molecular flexibility index (Phi) is 6.23. The van der Waals surface area contributed by atoms with E-state index in [9.17, 15) is 0 Å². The highest BCUT2D eigenvalue weighted by atomic mass is 79.9. The maximum atomic E-state index is 4.20. The van der Waals surface area contributed by atoms with Gasteiger partial charge in [0.1, 0.15) is 0 Å². The summed E-state index contributed by atoms with van der Waals surface area (Å²) >= 11 is 3.60. The Bertz CT molecular complexity index is 424. The molecule has 0 aliphatic heterocycles. The van der Waals surface area contributed by atoms with Crippen molar-refractivity contribution >= 4 is 15.9 Å². The minimum absolute atomic E-state index is 0.560. The van der Waals surface area contributed by atoms with Gasteiger partial charge in [0.25, 0.3) is 0 Å². The molecule has 21 heavy (non-hydrogen) atoms. The van der Waals surface area contributed by atoms with E-state index in [0.29, 0.717) is 11.8 Å². The first-order valence-electron chi connectivity index (χ1n) is 8.30. The molecule has 1 N–H and O–H groups in total. The summed E-state index contributed by atoms with van der Waals surface area (Å²) in [6.07, 6.45) is 5.12. The predicted molar refractivity (Wildman–Crippen MR) is 90.3 cm³/mol. The summed E-state index contributed by atoms with van der Waals surface area (Å²) < 4.78 is 2.89. The van der Waals surface area contributed by atoms with E-state index in [0.717, 1.165) is 29.5 Å². The fourth-order valence-electron chi connectivity index (χ4n) is 3.65. The lowest BCUT2D eigenvalue weighted by atomic mass is 9.69. The molecule has 1 aromatic rings. The van der Waals surface area contributed by atoms with Crippen LogP contribution in [0.25, 0.3) is 0 Å². The van der Waals surface area contributed by atoms with Crippen molar-refractivity contribution in [2.75, 3.05) is 13.1 Å². The number of hydrogen-bond donors (Lipinski definition) is 1. The van der Waals surface area contributed by atoms with Crippen molar-refractivity contribution < 1.29 is 0 Å². The number of nitrogens with zero attached hydrogens (tertiary/aromatic N) is 3. The third-order valence-electron chi connectivity index (χ3n) is 4.99. The molecular weight excluding hydrogens is 328 g/mol. The quantitative estimate of drug-likeness (QED) is 0.789. The summed E-state index contributed by atoms with van der Waals surface area (Å²) in [5, 5.41) is 12.0. The zero-order chi connectivity index (χ0) is 15.4. The van der Waals surface area contributed by atoms with Crippen molar-refractivity contribution in [2.45, 2.75) is 52.4 Å². The van der Waals surface area contributed by atoms with E-state index < -0.39 is 0 Å². The first kappa shape index (κ1) is 16.9. The molecule has 0 amide bonds. The van der Waals surface area contributed by atoms with Gasteiger partial charge < -0.3 is 5.32 Å². The molecule has 1 aliphatic carbocycles. The van der Waals surface area contributed by atoms with Crippen molar-refractivity contribution in [1.29, 1.82) is 0 Å².